The van der Waals surface area contributed by atoms with E-state index < -0.39 is 0 Å². The van der Waals surface area contributed by atoms with Crippen LogP contribution in [0.3, 0.4) is 0 Å². The zero-order valence-corrected chi connectivity index (χ0v) is 16.9. The lowest BCUT2D eigenvalue weighted by molar-refractivity contribution is -0.137. The van der Waals surface area contributed by atoms with Gasteiger partial charge in [-0.05, 0) is 62.6 Å². The second kappa shape index (κ2) is 9.08. The first-order valence-corrected chi connectivity index (χ1v) is 11.0. The number of piperidine rings is 1. The Morgan fingerprint density at radius 1 is 0.964 bits per heavy atom. The Labute approximate surface area is 168 Å². The third kappa shape index (κ3) is 4.75. The van der Waals surface area contributed by atoms with Crippen LogP contribution in [0.25, 0.3) is 0 Å². The van der Waals surface area contributed by atoms with Crippen molar-refractivity contribution in [2.45, 2.75) is 38.5 Å². The third-order valence-corrected chi connectivity index (χ3v) is 6.93. The molecule has 0 N–H and O–H groups in total. The molecule has 5 nitrogen and oxygen atoms in total. The van der Waals surface area contributed by atoms with Gasteiger partial charge in [0.1, 0.15) is 0 Å². The van der Waals surface area contributed by atoms with Gasteiger partial charge in [0.15, 0.2) is 0 Å². The molecule has 0 radical (unpaired) electrons. The van der Waals surface area contributed by atoms with Crippen LogP contribution in [-0.2, 0) is 16.0 Å². The summed E-state index contributed by atoms with van der Waals surface area (Å²) in [5, 5.41) is 0. The molecule has 3 aliphatic rings. The van der Waals surface area contributed by atoms with Crippen LogP contribution in [0.1, 0.15) is 37.7 Å². The summed E-state index contributed by atoms with van der Waals surface area (Å²) in [7, 11) is 0. The number of carbonyl (C=O) groups is 2. The molecule has 3 fully saturated rings. The van der Waals surface area contributed by atoms with Gasteiger partial charge in [-0.25, -0.2) is 0 Å². The predicted octanol–water partition coefficient (Wildman–Crippen LogP) is 2.41. The van der Waals surface area contributed by atoms with Crippen molar-refractivity contribution >= 4 is 11.8 Å². The quantitative estimate of drug-likeness (QED) is 0.758. The molecule has 0 aromatic heterocycles. The highest BCUT2D eigenvalue weighted by Crippen LogP contribution is 2.32. The third-order valence-electron chi connectivity index (χ3n) is 6.93. The largest absolute Gasteiger partial charge is 0.341 e. The summed E-state index contributed by atoms with van der Waals surface area (Å²) < 4.78 is 0. The summed E-state index contributed by atoms with van der Waals surface area (Å²) in [6.07, 6.45) is 6.29. The maximum Gasteiger partial charge on any atom is 0.242 e. The van der Waals surface area contributed by atoms with E-state index in [2.05, 4.69) is 35.2 Å². The minimum absolute atomic E-state index is 0.145. The topological polar surface area (TPSA) is 43.9 Å². The van der Waals surface area contributed by atoms with Gasteiger partial charge in [0.05, 0.1) is 6.54 Å². The van der Waals surface area contributed by atoms with Crippen LogP contribution in [0.15, 0.2) is 30.3 Å². The fourth-order valence-electron chi connectivity index (χ4n) is 5.11. The first-order chi connectivity index (χ1) is 13.7. The smallest absolute Gasteiger partial charge is 0.242 e. The lowest BCUT2D eigenvalue weighted by Gasteiger charge is -2.35. The molecule has 5 heteroatoms. The Hall–Kier alpha value is -1.88. The standard InChI is InChI=1S/C23H33N3O2/c27-22-7-4-12-25(22)18-23(28)26-16-11-21(17-26)20-9-14-24(15-10-20)13-8-19-5-2-1-3-6-19/h1-3,5-6,20-21H,4,7-18H2. The molecule has 3 heterocycles. The van der Waals surface area contributed by atoms with Gasteiger partial charge in [-0.1, -0.05) is 30.3 Å². The highest BCUT2D eigenvalue weighted by atomic mass is 16.2. The van der Waals surface area contributed by atoms with Gasteiger partial charge in [0.2, 0.25) is 11.8 Å². The predicted molar refractivity (Wildman–Crippen MR) is 110 cm³/mol. The molecule has 1 unspecified atom stereocenters. The van der Waals surface area contributed by atoms with Crippen LogP contribution >= 0.6 is 0 Å². The van der Waals surface area contributed by atoms with Crippen molar-refractivity contribution in [3.8, 4) is 0 Å². The summed E-state index contributed by atoms with van der Waals surface area (Å²) in [4.78, 5) is 30.7. The summed E-state index contributed by atoms with van der Waals surface area (Å²) in [6.45, 7) is 6.34. The van der Waals surface area contributed by atoms with Crippen LogP contribution in [0.2, 0.25) is 0 Å². The SMILES string of the molecule is O=C1CCCN1CC(=O)N1CCC(C2CCN(CCc3ccccc3)CC2)C1. The minimum atomic E-state index is 0.145. The molecule has 1 aromatic rings. The van der Waals surface area contributed by atoms with Crippen molar-refractivity contribution in [1.29, 1.82) is 0 Å². The zero-order valence-electron chi connectivity index (χ0n) is 16.9. The number of nitrogens with zero attached hydrogens (tertiary/aromatic N) is 3. The summed E-state index contributed by atoms with van der Waals surface area (Å²) in [5.74, 6) is 1.69. The minimum Gasteiger partial charge on any atom is -0.341 e. The number of carbonyl (C=O) groups excluding carboxylic acids is 2. The fraction of sp³-hybridized carbons (Fsp3) is 0.652. The van der Waals surface area contributed by atoms with Crippen molar-refractivity contribution in [3.05, 3.63) is 35.9 Å². The van der Waals surface area contributed by atoms with Crippen molar-refractivity contribution < 1.29 is 9.59 Å². The van der Waals surface area contributed by atoms with Gasteiger partial charge in [-0.15, -0.1) is 0 Å². The Bertz CT molecular complexity index is 670. The Balaban J connectivity index is 1.18. The molecule has 2 amide bonds. The van der Waals surface area contributed by atoms with E-state index in [9.17, 15) is 9.59 Å². The Morgan fingerprint density at radius 2 is 1.71 bits per heavy atom. The van der Waals surface area contributed by atoms with E-state index in [1.165, 1.54) is 31.5 Å². The maximum absolute atomic E-state index is 12.6. The Morgan fingerprint density at radius 3 is 2.43 bits per heavy atom. The van der Waals surface area contributed by atoms with Gasteiger partial charge in [-0.2, -0.15) is 0 Å². The Kier molecular flexibility index (Phi) is 6.30. The highest BCUT2D eigenvalue weighted by molar-refractivity contribution is 5.86. The number of likely N-dealkylation sites (tertiary alicyclic amines) is 3. The molecule has 0 bridgehead atoms. The number of hydrogen-bond acceptors (Lipinski definition) is 3. The highest BCUT2D eigenvalue weighted by Gasteiger charge is 2.34. The first-order valence-electron chi connectivity index (χ1n) is 11.0. The number of rotatable bonds is 6. The number of amides is 2. The van der Waals surface area contributed by atoms with Crippen LogP contribution in [-0.4, -0.2) is 72.3 Å². The van der Waals surface area contributed by atoms with Crippen molar-refractivity contribution in [3.63, 3.8) is 0 Å². The molecular formula is C23H33N3O2. The molecular weight excluding hydrogens is 350 g/mol. The average Bonchev–Trinajstić information content (AvgIpc) is 3.37. The van der Waals surface area contributed by atoms with E-state index in [0.29, 0.717) is 18.9 Å². The second-order valence-electron chi connectivity index (χ2n) is 8.72. The summed E-state index contributed by atoms with van der Waals surface area (Å²) in [5.41, 5.74) is 1.42. The van der Waals surface area contributed by atoms with E-state index in [1.54, 1.807) is 4.90 Å². The molecule has 1 aromatic carbocycles. The molecule has 1 atom stereocenters. The molecule has 4 rings (SSSR count). The summed E-state index contributed by atoms with van der Waals surface area (Å²) >= 11 is 0. The molecule has 0 saturated carbocycles. The summed E-state index contributed by atoms with van der Waals surface area (Å²) in [6, 6.07) is 10.7. The van der Waals surface area contributed by atoms with Gasteiger partial charge >= 0.3 is 0 Å². The van der Waals surface area contributed by atoms with E-state index in [0.717, 1.165) is 51.4 Å². The lowest BCUT2D eigenvalue weighted by atomic mass is 9.83. The molecule has 3 saturated heterocycles. The molecule has 152 valence electrons. The van der Waals surface area contributed by atoms with E-state index >= 15 is 0 Å². The van der Waals surface area contributed by atoms with Crippen LogP contribution in [0.4, 0.5) is 0 Å². The second-order valence-corrected chi connectivity index (χ2v) is 8.72. The molecule has 0 spiro atoms. The number of hydrogen-bond donors (Lipinski definition) is 0. The van der Waals surface area contributed by atoms with Crippen molar-refractivity contribution in [2.24, 2.45) is 11.8 Å². The van der Waals surface area contributed by atoms with Crippen molar-refractivity contribution in [1.82, 2.24) is 14.7 Å². The van der Waals surface area contributed by atoms with E-state index in [4.69, 9.17) is 0 Å². The average molecular weight is 384 g/mol. The van der Waals surface area contributed by atoms with E-state index in [-0.39, 0.29) is 11.8 Å². The molecule has 3 aliphatic heterocycles. The van der Waals surface area contributed by atoms with Crippen LogP contribution < -0.4 is 0 Å². The van der Waals surface area contributed by atoms with Gasteiger partial charge < -0.3 is 14.7 Å². The van der Waals surface area contributed by atoms with E-state index in [1.807, 2.05) is 4.90 Å². The van der Waals surface area contributed by atoms with Gasteiger partial charge in [-0.3, -0.25) is 9.59 Å². The van der Waals surface area contributed by atoms with Crippen LogP contribution in [0, 0.1) is 11.8 Å². The lowest BCUT2D eigenvalue weighted by Crippen LogP contribution is -2.41. The van der Waals surface area contributed by atoms with Gasteiger partial charge in [0.25, 0.3) is 0 Å². The molecule has 28 heavy (non-hydrogen) atoms. The molecule has 0 aliphatic carbocycles. The first kappa shape index (κ1) is 19.4. The maximum atomic E-state index is 12.6. The van der Waals surface area contributed by atoms with Crippen molar-refractivity contribution in [2.75, 3.05) is 45.8 Å². The monoisotopic (exact) mass is 383 g/mol. The number of benzene rings is 1. The van der Waals surface area contributed by atoms with Gasteiger partial charge in [0, 0.05) is 32.6 Å². The zero-order chi connectivity index (χ0) is 19.3. The fourth-order valence-corrected chi connectivity index (χ4v) is 5.11. The van der Waals surface area contributed by atoms with Crippen LogP contribution in [0.5, 0.6) is 0 Å². The normalized spacial score (nSPS) is 24.3.